The molecule has 2 rings (SSSR count). The molecule has 0 fully saturated rings. The van der Waals surface area contributed by atoms with Crippen LogP contribution in [0.25, 0.3) is 10.1 Å². The van der Waals surface area contributed by atoms with Crippen LogP contribution in [0.5, 0.6) is 0 Å². The van der Waals surface area contributed by atoms with Gasteiger partial charge in [0.15, 0.2) is 0 Å². The summed E-state index contributed by atoms with van der Waals surface area (Å²) >= 11 is 1.49. The van der Waals surface area contributed by atoms with E-state index < -0.39 is 0 Å². The Morgan fingerprint density at radius 1 is 1.38 bits per heavy atom. The summed E-state index contributed by atoms with van der Waals surface area (Å²) in [6, 6.07) is 9.82. The van der Waals surface area contributed by atoms with Crippen molar-refractivity contribution in [2.45, 2.75) is 6.42 Å². The molecule has 0 bridgehead atoms. The predicted molar refractivity (Wildman–Crippen MR) is 65.9 cm³/mol. The normalized spacial score (nSPS) is 10.6. The maximum atomic E-state index is 11.7. The molecule has 0 unspecified atom stereocenters. The van der Waals surface area contributed by atoms with Crippen LogP contribution in [0.4, 0.5) is 0 Å². The van der Waals surface area contributed by atoms with E-state index in [0.717, 1.165) is 15.0 Å². The van der Waals surface area contributed by atoms with Crippen LogP contribution in [0.2, 0.25) is 0 Å². The van der Waals surface area contributed by atoms with Gasteiger partial charge in [-0.05, 0) is 23.9 Å². The van der Waals surface area contributed by atoms with Crippen LogP contribution in [0.3, 0.4) is 0 Å². The van der Waals surface area contributed by atoms with E-state index in [-0.39, 0.29) is 12.5 Å². The van der Waals surface area contributed by atoms with Crippen molar-refractivity contribution >= 4 is 27.3 Å². The Balaban J connectivity index is 2.11. The zero-order valence-electron chi connectivity index (χ0n) is 8.77. The van der Waals surface area contributed by atoms with Crippen molar-refractivity contribution in [3.8, 4) is 0 Å². The lowest BCUT2D eigenvalue weighted by atomic mass is 10.2. The van der Waals surface area contributed by atoms with E-state index in [2.05, 4.69) is 5.32 Å². The first-order valence-electron chi connectivity index (χ1n) is 5.19. The van der Waals surface area contributed by atoms with Gasteiger partial charge in [0, 0.05) is 17.9 Å². The molecular formula is C12H13NO2S. The fraction of sp³-hybridized carbons (Fsp3) is 0.250. The second kappa shape index (κ2) is 5.09. The lowest BCUT2D eigenvalue weighted by molar-refractivity contribution is 0.0955. The summed E-state index contributed by atoms with van der Waals surface area (Å²) in [6.45, 7) is 0.621. The zero-order chi connectivity index (χ0) is 11.4. The van der Waals surface area contributed by atoms with Gasteiger partial charge in [0.2, 0.25) is 0 Å². The highest BCUT2D eigenvalue weighted by Gasteiger charge is 2.08. The number of amides is 1. The lowest BCUT2D eigenvalue weighted by Gasteiger charge is -2.00. The minimum Gasteiger partial charge on any atom is -0.396 e. The fourth-order valence-corrected chi connectivity index (χ4v) is 2.44. The molecule has 16 heavy (non-hydrogen) atoms. The third-order valence-corrected chi connectivity index (χ3v) is 3.38. The van der Waals surface area contributed by atoms with Gasteiger partial charge in [-0.2, -0.15) is 0 Å². The summed E-state index contributed by atoms with van der Waals surface area (Å²) < 4.78 is 1.12. The first-order chi connectivity index (χ1) is 7.81. The summed E-state index contributed by atoms with van der Waals surface area (Å²) in [4.78, 5) is 12.4. The molecule has 0 aliphatic carbocycles. The van der Waals surface area contributed by atoms with Crippen LogP contribution in [0.1, 0.15) is 16.1 Å². The monoisotopic (exact) mass is 235 g/mol. The van der Waals surface area contributed by atoms with Crippen LogP contribution in [0.15, 0.2) is 30.3 Å². The Kier molecular flexibility index (Phi) is 3.54. The van der Waals surface area contributed by atoms with Gasteiger partial charge >= 0.3 is 0 Å². The largest absolute Gasteiger partial charge is 0.396 e. The number of aliphatic hydroxyl groups is 1. The number of hydrogen-bond donors (Lipinski definition) is 2. The molecule has 1 aromatic heterocycles. The number of hydrogen-bond acceptors (Lipinski definition) is 3. The summed E-state index contributed by atoms with van der Waals surface area (Å²) in [6.07, 6.45) is 0.594. The molecule has 0 saturated heterocycles. The topological polar surface area (TPSA) is 49.3 Å². The van der Waals surface area contributed by atoms with Crippen molar-refractivity contribution in [2.24, 2.45) is 0 Å². The summed E-state index contributed by atoms with van der Waals surface area (Å²) in [7, 11) is 0. The molecule has 4 heteroatoms. The second-order valence-electron chi connectivity index (χ2n) is 3.48. The van der Waals surface area contributed by atoms with Gasteiger partial charge < -0.3 is 10.4 Å². The molecule has 0 aliphatic rings. The molecule has 0 aliphatic heterocycles. The molecule has 0 radical (unpaired) electrons. The summed E-state index contributed by atoms with van der Waals surface area (Å²) in [5, 5.41) is 12.5. The molecule has 0 spiro atoms. The Labute approximate surface area is 97.7 Å². The Morgan fingerprint density at radius 2 is 2.19 bits per heavy atom. The third-order valence-electron chi connectivity index (χ3n) is 2.27. The van der Waals surface area contributed by atoms with E-state index in [1.165, 1.54) is 11.3 Å². The molecule has 3 nitrogen and oxygen atoms in total. The smallest absolute Gasteiger partial charge is 0.261 e. The van der Waals surface area contributed by atoms with Crippen LogP contribution >= 0.6 is 11.3 Å². The van der Waals surface area contributed by atoms with Gasteiger partial charge in [-0.3, -0.25) is 4.79 Å². The molecule has 0 atom stereocenters. The number of fused-ring (bicyclic) bond motifs is 1. The van der Waals surface area contributed by atoms with Gasteiger partial charge in [0.05, 0.1) is 4.88 Å². The van der Waals surface area contributed by atoms with Crippen molar-refractivity contribution in [1.29, 1.82) is 0 Å². The minimum atomic E-state index is -0.0605. The third kappa shape index (κ3) is 2.40. The first-order valence-corrected chi connectivity index (χ1v) is 6.00. The van der Waals surface area contributed by atoms with E-state index in [4.69, 9.17) is 5.11 Å². The predicted octanol–water partition coefficient (Wildman–Crippen LogP) is 2.01. The second-order valence-corrected chi connectivity index (χ2v) is 4.57. The molecule has 1 amide bonds. The molecular weight excluding hydrogens is 222 g/mol. The number of rotatable bonds is 4. The minimum absolute atomic E-state index is 0.0605. The molecule has 0 saturated carbocycles. The Hall–Kier alpha value is -1.39. The molecule has 1 aromatic carbocycles. The zero-order valence-corrected chi connectivity index (χ0v) is 9.59. The molecule has 1 heterocycles. The SMILES string of the molecule is O=C(NCCCO)c1cc2ccccc2s1. The highest BCUT2D eigenvalue weighted by molar-refractivity contribution is 7.20. The number of nitrogens with one attached hydrogen (secondary N) is 1. The van der Waals surface area contributed by atoms with Gasteiger partial charge in [-0.15, -0.1) is 11.3 Å². The van der Waals surface area contributed by atoms with E-state index in [9.17, 15) is 4.79 Å². The van der Waals surface area contributed by atoms with Crippen LogP contribution in [0, 0.1) is 0 Å². The van der Waals surface area contributed by atoms with Crippen LogP contribution in [-0.4, -0.2) is 24.2 Å². The highest BCUT2D eigenvalue weighted by Crippen LogP contribution is 2.24. The Morgan fingerprint density at radius 3 is 2.94 bits per heavy atom. The Bertz CT molecular complexity index is 459. The van der Waals surface area contributed by atoms with Crippen LogP contribution < -0.4 is 5.32 Å². The van der Waals surface area contributed by atoms with E-state index in [1.807, 2.05) is 30.3 Å². The van der Waals surface area contributed by atoms with Crippen molar-refractivity contribution in [2.75, 3.05) is 13.2 Å². The van der Waals surface area contributed by atoms with Crippen molar-refractivity contribution in [1.82, 2.24) is 5.32 Å². The van der Waals surface area contributed by atoms with Crippen molar-refractivity contribution in [3.05, 3.63) is 35.2 Å². The fourth-order valence-electron chi connectivity index (χ4n) is 1.46. The van der Waals surface area contributed by atoms with E-state index in [0.29, 0.717) is 13.0 Å². The average molecular weight is 235 g/mol. The highest BCUT2D eigenvalue weighted by atomic mass is 32.1. The maximum absolute atomic E-state index is 11.7. The number of carbonyl (C=O) groups excluding carboxylic acids is 1. The van der Waals surface area contributed by atoms with Crippen molar-refractivity contribution in [3.63, 3.8) is 0 Å². The van der Waals surface area contributed by atoms with Gasteiger partial charge in [-0.25, -0.2) is 0 Å². The quantitative estimate of drug-likeness (QED) is 0.796. The molecule has 84 valence electrons. The van der Waals surface area contributed by atoms with E-state index in [1.54, 1.807) is 0 Å². The molecule has 2 aromatic rings. The number of carbonyl (C=O) groups is 1. The lowest BCUT2D eigenvalue weighted by Crippen LogP contribution is -2.24. The van der Waals surface area contributed by atoms with Gasteiger partial charge in [-0.1, -0.05) is 18.2 Å². The maximum Gasteiger partial charge on any atom is 0.261 e. The van der Waals surface area contributed by atoms with Crippen molar-refractivity contribution < 1.29 is 9.90 Å². The summed E-state index contributed by atoms with van der Waals surface area (Å²) in [5.74, 6) is -0.0605. The van der Waals surface area contributed by atoms with Gasteiger partial charge in [0.1, 0.15) is 0 Å². The number of aliphatic hydroxyl groups excluding tert-OH is 1. The summed E-state index contributed by atoms with van der Waals surface area (Å²) in [5.41, 5.74) is 0. The average Bonchev–Trinajstić information content (AvgIpc) is 2.73. The van der Waals surface area contributed by atoms with Gasteiger partial charge in [0.25, 0.3) is 5.91 Å². The van der Waals surface area contributed by atoms with Crippen LogP contribution in [-0.2, 0) is 0 Å². The number of thiophene rings is 1. The standard InChI is InChI=1S/C12H13NO2S/c14-7-3-6-13-12(15)11-8-9-4-1-2-5-10(9)16-11/h1-2,4-5,8,14H,3,6-7H2,(H,13,15). The van der Waals surface area contributed by atoms with E-state index >= 15 is 0 Å². The first kappa shape index (κ1) is 11.1. The number of benzene rings is 1. The molecule has 2 N–H and O–H groups in total.